The molecule has 0 bridgehead atoms. The Morgan fingerprint density at radius 2 is 1.90 bits per heavy atom. The van der Waals surface area contributed by atoms with Crippen LogP contribution in [-0.4, -0.2) is 87.7 Å². The fourth-order valence-corrected chi connectivity index (χ4v) is 4.64. The van der Waals surface area contributed by atoms with Crippen LogP contribution in [0.25, 0.3) is 0 Å². The summed E-state index contributed by atoms with van der Waals surface area (Å²) >= 11 is 0. The molecule has 2 aliphatic heterocycles. The van der Waals surface area contributed by atoms with Crippen LogP contribution in [0.15, 0.2) is 49.1 Å². The number of anilines is 2. The maximum atomic E-state index is 15.2. The van der Waals surface area contributed by atoms with E-state index in [1.54, 1.807) is 36.4 Å². The van der Waals surface area contributed by atoms with Crippen LogP contribution in [0.4, 0.5) is 25.0 Å². The number of ether oxygens (including phenoxy) is 1. The highest BCUT2D eigenvalue weighted by atomic mass is 19.1. The number of carbonyl (C=O) groups is 3. The van der Waals surface area contributed by atoms with Crippen molar-refractivity contribution in [2.75, 3.05) is 42.5 Å². The van der Waals surface area contributed by atoms with Gasteiger partial charge in [-0.25, -0.2) is 18.3 Å². The minimum absolute atomic E-state index is 0.0480. The number of nitrogens with one attached hydrogen (secondary N) is 1. The van der Waals surface area contributed by atoms with E-state index >= 15 is 8.78 Å². The van der Waals surface area contributed by atoms with Crippen LogP contribution >= 0.6 is 0 Å². The maximum absolute atomic E-state index is 15.2. The molecule has 0 aliphatic carbocycles. The van der Waals surface area contributed by atoms with Gasteiger partial charge < -0.3 is 19.9 Å². The summed E-state index contributed by atoms with van der Waals surface area (Å²) in [6.45, 7) is 2.76. The van der Waals surface area contributed by atoms with Crippen LogP contribution in [0, 0.1) is 11.6 Å². The van der Waals surface area contributed by atoms with Gasteiger partial charge >= 0.3 is 6.09 Å². The molecule has 1 N–H and O–H groups in total. The van der Waals surface area contributed by atoms with E-state index in [0.717, 1.165) is 12.1 Å². The molecule has 1 aromatic carbocycles. The Balaban J connectivity index is 1.19. The van der Waals surface area contributed by atoms with Gasteiger partial charge in [0.25, 0.3) is 5.91 Å². The molecule has 2 atom stereocenters. The molecule has 12 nitrogen and oxygen atoms in total. The Bertz CT molecular complexity index is 1330. The lowest BCUT2D eigenvalue weighted by atomic mass is 10.1. The molecule has 5 rings (SSSR count). The summed E-state index contributed by atoms with van der Waals surface area (Å²) in [5.41, 5.74) is 0.159. The van der Waals surface area contributed by atoms with Crippen LogP contribution in [0.3, 0.4) is 0 Å². The number of cyclic esters (lactones) is 1. The Morgan fingerprint density at radius 1 is 1.15 bits per heavy atom. The van der Waals surface area contributed by atoms with E-state index in [0.29, 0.717) is 5.56 Å². The van der Waals surface area contributed by atoms with Gasteiger partial charge in [0.05, 0.1) is 30.5 Å². The number of rotatable bonds is 7. The van der Waals surface area contributed by atoms with Gasteiger partial charge in [0.2, 0.25) is 5.91 Å². The lowest BCUT2D eigenvalue weighted by Crippen LogP contribution is -2.54. The molecule has 4 heterocycles. The first-order chi connectivity index (χ1) is 18.8. The van der Waals surface area contributed by atoms with Gasteiger partial charge in [-0.05, 0) is 19.1 Å². The van der Waals surface area contributed by atoms with Crippen LogP contribution in [0.1, 0.15) is 17.3 Å². The van der Waals surface area contributed by atoms with Gasteiger partial charge in [-0.15, -0.1) is 5.10 Å². The summed E-state index contributed by atoms with van der Waals surface area (Å²) in [4.78, 5) is 45.7. The van der Waals surface area contributed by atoms with Crippen LogP contribution in [0.2, 0.25) is 0 Å². The van der Waals surface area contributed by atoms with Gasteiger partial charge in [-0.1, -0.05) is 5.21 Å². The van der Waals surface area contributed by atoms with Crippen molar-refractivity contribution in [1.29, 1.82) is 0 Å². The second-order valence-corrected chi connectivity index (χ2v) is 9.25. The number of amides is 3. The minimum Gasteiger partial charge on any atom is -0.442 e. The largest absolute Gasteiger partial charge is 0.442 e. The molecule has 2 aliphatic rings. The number of hydrogen-bond acceptors (Lipinski definition) is 8. The molecule has 2 fully saturated rings. The fraction of sp³-hybridized carbons (Fsp3) is 0.360. The smallest absolute Gasteiger partial charge is 0.414 e. The molecule has 0 radical (unpaired) electrons. The van der Waals surface area contributed by atoms with Crippen molar-refractivity contribution in [3.63, 3.8) is 0 Å². The Kier molecular flexibility index (Phi) is 7.34. The lowest BCUT2D eigenvalue weighted by molar-refractivity contribution is -0.133. The average Bonchev–Trinajstić information content (AvgIpc) is 3.58. The molecule has 0 saturated carbocycles. The zero-order chi connectivity index (χ0) is 27.5. The van der Waals surface area contributed by atoms with E-state index in [-0.39, 0.29) is 56.6 Å². The molecule has 0 spiro atoms. The third-order valence-corrected chi connectivity index (χ3v) is 6.60. The molecule has 204 valence electrons. The third-order valence-electron chi connectivity index (χ3n) is 6.60. The summed E-state index contributed by atoms with van der Waals surface area (Å²) in [6, 6.07) is 4.64. The summed E-state index contributed by atoms with van der Waals surface area (Å²) in [5.74, 6) is -2.36. The number of halogens is 2. The molecule has 14 heteroatoms. The molecule has 3 amide bonds. The number of carbonyl (C=O) groups excluding carboxylic acids is 3. The standard InChI is InChI=1S/C25H26F2N8O4/c1-16(30-23(36)17-3-2-4-28-13-17)24(37)33-9-7-32(8-10-33)22-20(26)11-18(12-21(22)27)35-15-19(39-25(35)38)14-34-6-5-29-31-34/h2-6,11-13,16,19H,7-10,14-15H2,1H3,(H,30,36)/t16-,19-/m0/s1. The highest BCUT2D eigenvalue weighted by Gasteiger charge is 2.35. The van der Waals surface area contributed by atoms with E-state index in [1.165, 1.54) is 26.9 Å². The van der Waals surface area contributed by atoms with E-state index in [1.807, 2.05) is 0 Å². The van der Waals surface area contributed by atoms with Crippen molar-refractivity contribution < 1.29 is 27.9 Å². The normalized spacial score (nSPS) is 18.2. The second kappa shape index (κ2) is 11.0. The Hall–Kier alpha value is -4.62. The SMILES string of the molecule is C[C@H](NC(=O)c1cccnc1)C(=O)N1CCN(c2c(F)cc(N3C[C@H](Cn4ccnn4)OC3=O)cc2F)CC1. The molecule has 3 aromatic rings. The van der Waals surface area contributed by atoms with Gasteiger partial charge in [-0.3, -0.25) is 19.5 Å². The average molecular weight is 541 g/mol. The zero-order valence-corrected chi connectivity index (χ0v) is 21.0. The highest BCUT2D eigenvalue weighted by molar-refractivity contribution is 5.97. The van der Waals surface area contributed by atoms with Crippen molar-refractivity contribution in [1.82, 2.24) is 30.2 Å². The van der Waals surface area contributed by atoms with Crippen molar-refractivity contribution >= 4 is 29.3 Å². The monoisotopic (exact) mass is 540 g/mol. The first kappa shape index (κ1) is 26.0. The quantitative estimate of drug-likeness (QED) is 0.477. The summed E-state index contributed by atoms with van der Waals surface area (Å²) in [5, 5.41) is 10.2. The molecular weight excluding hydrogens is 514 g/mol. The van der Waals surface area contributed by atoms with Crippen LogP contribution < -0.4 is 15.1 Å². The molecule has 2 saturated heterocycles. The van der Waals surface area contributed by atoms with Crippen LogP contribution in [-0.2, 0) is 16.1 Å². The summed E-state index contributed by atoms with van der Waals surface area (Å²) in [7, 11) is 0. The van der Waals surface area contributed by atoms with E-state index in [9.17, 15) is 14.4 Å². The predicted octanol–water partition coefficient (Wildman–Crippen LogP) is 1.44. The van der Waals surface area contributed by atoms with Crippen molar-refractivity contribution in [3.05, 3.63) is 66.3 Å². The van der Waals surface area contributed by atoms with Crippen LogP contribution in [0.5, 0.6) is 0 Å². The Morgan fingerprint density at radius 3 is 2.54 bits per heavy atom. The first-order valence-electron chi connectivity index (χ1n) is 12.4. The van der Waals surface area contributed by atoms with E-state index in [4.69, 9.17) is 4.74 Å². The molecular formula is C25H26F2N8O4. The molecule has 0 unspecified atom stereocenters. The minimum atomic E-state index is -0.825. The number of hydrogen-bond donors (Lipinski definition) is 1. The van der Waals surface area contributed by atoms with E-state index < -0.39 is 35.8 Å². The molecule has 39 heavy (non-hydrogen) atoms. The topological polar surface area (TPSA) is 126 Å². The number of benzene rings is 1. The van der Waals surface area contributed by atoms with E-state index in [2.05, 4.69) is 20.6 Å². The number of piperazine rings is 1. The van der Waals surface area contributed by atoms with Crippen molar-refractivity contribution in [3.8, 4) is 0 Å². The van der Waals surface area contributed by atoms with Gasteiger partial charge in [-0.2, -0.15) is 0 Å². The number of pyridine rings is 1. The molecule has 2 aromatic heterocycles. The number of nitrogens with zero attached hydrogens (tertiary/aromatic N) is 7. The third kappa shape index (κ3) is 5.63. The first-order valence-corrected chi connectivity index (χ1v) is 12.4. The zero-order valence-electron chi connectivity index (χ0n) is 21.0. The van der Waals surface area contributed by atoms with Gasteiger partial charge in [0.15, 0.2) is 11.6 Å². The number of aromatic nitrogens is 4. The van der Waals surface area contributed by atoms with Gasteiger partial charge in [0.1, 0.15) is 17.8 Å². The second-order valence-electron chi connectivity index (χ2n) is 9.25. The fourth-order valence-electron chi connectivity index (χ4n) is 4.64. The summed E-state index contributed by atoms with van der Waals surface area (Å²) < 4.78 is 37.1. The lowest BCUT2D eigenvalue weighted by Gasteiger charge is -2.37. The highest BCUT2D eigenvalue weighted by Crippen LogP contribution is 2.31. The predicted molar refractivity (Wildman–Crippen MR) is 134 cm³/mol. The summed E-state index contributed by atoms with van der Waals surface area (Å²) in [6.07, 6.45) is 4.81. The van der Waals surface area contributed by atoms with Crippen molar-refractivity contribution in [2.24, 2.45) is 0 Å². The van der Waals surface area contributed by atoms with Gasteiger partial charge in [0, 0.05) is 56.9 Å². The Labute approximate surface area is 222 Å². The maximum Gasteiger partial charge on any atom is 0.414 e. The van der Waals surface area contributed by atoms with Crippen molar-refractivity contribution in [2.45, 2.75) is 25.6 Å².